The van der Waals surface area contributed by atoms with Crippen LogP contribution in [0.4, 0.5) is 0 Å². The third-order valence-corrected chi connectivity index (χ3v) is 0.925. The van der Waals surface area contributed by atoms with Crippen molar-refractivity contribution < 1.29 is 0 Å². The molecule has 8 heavy (non-hydrogen) atoms. The molecule has 0 fully saturated rings. The van der Waals surface area contributed by atoms with E-state index in [1.54, 1.807) is 18.6 Å². The summed E-state index contributed by atoms with van der Waals surface area (Å²) < 4.78 is 0. The van der Waals surface area contributed by atoms with Crippen LogP contribution in [0.1, 0.15) is 6.92 Å². The number of hydrogen-bond acceptors (Lipinski definition) is 2. The third kappa shape index (κ3) is 1.30. The van der Waals surface area contributed by atoms with Gasteiger partial charge in [-0.3, -0.25) is 9.98 Å². The minimum Gasteiger partial charge on any atom is -0.284 e. The first kappa shape index (κ1) is 5.22. The highest BCUT2D eigenvalue weighted by atomic mass is 14.8. The maximum absolute atomic E-state index is 4.06. The van der Waals surface area contributed by atoms with Crippen LogP contribution in [0, 0.1) is 0 Å². The Balaban J connectivity index is 2.66. The maximum atomic E-state index is 4.06. The van der Waals surface area contributed by atoms with E-state index in [1.165, 1.54) is 0 Å². The Labute approximate surface area is 48.7 Å². The van der Waals surface area contributed by atoms with E-state index in [0.717, 1.165) is 0 Å². The number of rotatable bonds is 0. The maximum Gasteiger partial charge on any atom is 0.0670 e. The second-order valence-electron chi connectivity index (χ2n) is 1.68. The lowest BCUT2D eigenvalue weighted by Gasteiger charge is -1.90. The normalized spacial score (nSPS) is 25.9. The van der Waals surface area contributed by atoms with Crippen LogP contribution in [0.3, 0.4) is 0 Å². The number of hydrogen-bond donors (Lipinski definition) is 0. The standard InChI is InChI=1S/C6H8N2/c1-6-2-3-7-4-5-8-6/h2-6H,1H3/t6-/m1/s1. The molecule has 0 saturated carbocycles. The third-order valence-electron chi connectivity index (χ3n) is 0.925. The van der Waals surface area contributed by atoms with Crippen LogP contribution >= 0.6 is 0 Å². The van der Waals surface area contributed by atoms with Gasteiger partial charge < -0.3 is 0 Å². The summed E-state index contributed by atoms with van der Waals surface area (Å²) in [5.41, 5.74) is 0. The molecule has 0 N–H and O–H groups in total. The molecule has 1 heterocycles. The molecule has 0 aromatic heterocycles. The minimum atomic E-state index is 0.289. The van der Waals surface area contributed by atoms with E-state index >= 15 is 0 Å². The molecule has 2 nitrogen and oxygen atoms in total. The van der Waals surface area contributed by atoms with Crippen LogP contribution in [-0.2, 0) is 0 Å². The van der Waals surface area contributed by atoms with Crippen molar-refractivity contribution in [1.82, 2.24) is 0 Å². The van der Waals surface area contributed by atoms with E-state index in [-0.39, 0.29) is 6.04 Å². The lowest BCUT2D eigenvalue weighted by Crippen LogP contribution is -1.89. The van der Waals surface area contributed by atoms with Gasteiger partial charge in [-0.05, 0) is 13.0 Å². The predicted octanol–water partition coefficient (Wildman–Crippen LogP) is 1.04. The molecule has 1 atom stereocenters. The van der Waals surface area contributed by atoms with Crippen molar-refractivity contribution in [2.75, 3.05) is 0 Å². The first-order valence-electron chi connectivity index (χ1n) is 2.61. The summed E-state index contributed by atoms with van der Waals surface area (Å²) in [6.45, 7) is 2.02. The second kappa shape index (κ2) is 2.40. The van der Waals surface area contributed by atoms with Crippen LogP contribution in [-0.4, -0.2) is 18.5 Å². The van der Waals surface area contributed by atoms with Crippen LogP contribution < -0.4 is 0 Å². The largest absolute Gasteiger partial charge is 0.284 e. The first-order valence-corrected chi connectivity index (χ1v) is 2.61. The summed E-state index contributed by atoms with van der Waals surface area (Å²) >= 11 is 0. The Morgan fingerprint density at radius 1 is 1.38 bits per heavy atom. The SMILES string of the molecule is C[C@@H]1C=CN=CC=N1. The quantitative estimate of drug-likeness (QED) is 0.443. The fourth-order valence-electron chi connectivity index (χ4n) is 0.486. The van der Waals surface area contributed by atoms with Gasteiger partial charge in [-0.25, -0.2) is 0 Å². The molecule has 1 aliphatic rings. The van der Waals surface area contributed by atoms with Crippen LogP contribution in [0.5, 0.6) is 0 Å². The molecule has 0 amide bonds. The summed E-state index contributed by atoms with van der Waals surface area (Å²) in [5, 5.41) is 0. The fourth-order valence-corrected chi connectivity index (χ4v) is 0.486. The van der Waals surface area contributed by atoms with Gasteiger partial charge in [0.1, 0.15) is 0 Å². The molecule has 0 saturated heterocycles. The van der Waals surface area contributed by atoms with Crippen molar-refractivity contribution in [3.05, 3.63) is 12.3 Å². The predicted molar refractivity (Wildman–Crippen MR) is 35.6 cm³/mol. The van der Waals surface area contributed by atoms with Gasteiger partial charge >= 0.3 is 0 Å². The van der Waals surface area contributed by atoms with E-state index in [1.807, 2.05) is 13.0 Å². The lowest BCUT2D eigenvalue weighted by molar-refractivity contribution is 0.934. The fraction of sp³-hybridized carbons (Fsp3) is 0.333. The molecule has 2 heteroatoms. The molecule has 0 unspecified atom stereocenters. The van der Waals surface area contributed by atoms with Gasteiger partial charge in [0, 0.05) is 18.6 Å². The summed E-state index contributed by atoms with van der Waals surface area (Å²) in [7, 11) is 0. The molecule has 0 radical (unpaired) electrons. The monoisotopic (exact) mass is 108 g/mol. The van der Waals surface area contributed by atoms with Crippen LogP contribution in [0.15, 0.2) is 22.3 Å². The molecule has 0 aliphatic carbocycles. The van der Waals surface area contributed by atoms with Crippen LogP contribution in [0.2, 0.25) is 0 Å². The van der Waals surface area contributed by atoms with E-state index in [4.69, 9.17) is 0 Å². The number of aliphatic imine (C=N–C) groups is 2. The van der Waals surface area contributed by atoms with Gasteiger partial charge in [0.15, 0.2) is 0 Å². The molecule has 0 bridgehead atoms. The molecule has 0 aromatic rings. The average Bonchev–Trinajstić information content (AvgIpc) is 1.94. The average molecular weight is 108 g/mol. The lowest BCUT2D eigenvalue weighted by atomic mass is 10.3. The van der Waals surface area contributed by atoms with E-state index in [2.05, 4.69) is 9.98 Å². The Hall–Kier alpha value is -0.920. The highest BCUT2D eigenvalue weighted by Gasteiger charge is 1.88. The highest BCUT2D eigenvalue weighted by molar-refractivity contribution is 6.16. The van der Waals surface area contributed by atoms with Gasteiger partial charge in [-0.2, -0.15) is 0 Å². The Kier molecular flexibility index (Phi) is 1.57. The van der Waals surface area contributed by atoms with Crippen molar-refractivity contribution >= 4 is 12.4 Å². The minimum absolute atomic E-state index is 0.289. The van der Waals surface area contributed by atoms with Crippen molar-refractivity contribution in [2.45, 2.75) is 13.0 Å². The van der Waals surface area contributed by atoms with E-state index in [9.17, 15) is 0 Å². The Morgan fingerprint density at radius 2 is 2.25 bits per heavy atom. The summed E-state index contributed by atoms with van der Waals surface area (Å²) in [6.07, 6.45) is 7.10. The molecule has 0 aromatic carbocycles. The topological polar surface area (TPSA) is 24.7 Å². The summed E-state index contributed by atoms with van der Waals surface area (Å²) in [4.78, 5) is 7.93. The summed E-state index contributed by atoms with van der Waals surface area (Å²) in [6, 6.07) is 0.289. The van der Waals surface area contributed by atoms with Crippen molar-refractivity contribution in [2.24, 2.45) is 9.98 Å². The molecule has 0 spiro atoms. The zero-order chi connectivity index (χ0) is 5.82. The van der Waals surface area contributed by atoms with Gasteiger partial charge in [0.25, 0.3) is 0 Å². The zero-order valence-corrected chi connectivity index (χ0v) is 4.78. The zero-order valence-electron chi connectivity index (χ0n) is 4.78. The molecular weight excluding hydrogens is 100 g/mol. The smallest absolute Gasteiger partial charge is 0.0670 e. The van der Waals surface area contributed by atoms with Gasteiger partial charge in [-0.1, -0.05) is 0 Å². The van der Waals surface area contributed by atoms with Crippen molar-refractivity contribution in [1.29, 1.82) is 0 Å². The van der Waals surface area contributed by atoms with Gasteiger partial charge in [0.05, 0.1) is 6.04 Å². The molecule has 42 valence electrons. The van der Waals surface area contributed by atoms with E-state index < -0.39 is 0 Å². The summed E-state index contributed by atoms with van der Waals surface area (Å²) in [5.74, 6) is 0. The van der Waals surface area contributed by atoms with Crippen LogP contribution in [0.25, 0.3) is 0 Å². The first-order chi connectivity index (χ1) is 3.89. The Bertz CT molecular complexity index is 129. The molecule has 1 aliphatic heterocycles. The molecule has 1 rings (SSSR count). The van der Waals surface area contributed by atoms with Gasteiger partial charge in [-0.15, -0.1) is 0 Å². The Morgan fingerprint density at radius 3 is 3.12 bits per heavy atom. The van der Waals surface area contributed by atoms with E-state index in [0.29, 0.717) is 0 Å². The second-order valence-corrected chi connectivity index (χ2v) is 1.68. The highest BCUT2D eigenvalue weighted by Crippen LogP contribution is 1.92. The number of nitrogens with zero attached hydrogens (tertiary/aromatic N) is 2. The van der Waals surface area contributed by atoms with Crippen molar-refractivity contribution in [3.63, 3.8) is 0 Å². The molecular formula is C6H8N2. The van der Waals surface area contributed by atoms with Gasteiger partial charge in [0.2, 0.25) is 0 Å². The van der Waals surface area contributed by atoms with Crippen molar-refractivity contribution in [3.8, 4) is 0 Å².